The fourth-order valence-electron chi connectivity index (χ4n) is 1.56. The van der Waals surface area contributed by atoms with E-state index in [4.69, 9.17) is 4.52 Å². The Kier molecular flexibility index (Phi) is 4.16. The third-order valence-electron chi connectivity index (χ3n) is 2.51. The molecule has 0 amide bonds. The van der Waals surface area contributed by atoms with Gasteiger partial charge in [-0.3, -0.25) is 0 Å². The molecule has 106 valence electrons. The fraction of sp³-hybridized carbons (Fsp3) is 0.167. The van der Waals surface area contributed by atoms with Crippen molar-refractivity contribution in [1.82, 2.24) is 9.88 Å². The molecule has 0 radical (unpaired) electrons. The maximum absolute atomic E-state index is 12.2. The van der Waals surface area contributed by atoms with Gasteiger partial charge in [-0.15, -0.1) is 0 Å². The van der Waals surface area contributed by atoms with Gasteiger partial charge in [-0.2, -0.15) is 0 Å². The largest absolute Gasteiger partial charge is 0.465 e. The van der Waals surface area contributed by atoms with Crippen molar-refractivity contribution < 1.29 is 22.5 Å². The molecule has 0 aliphatic heterocycles. The molecular formula is C12H12N2O5S. The number of sulfonamides is 1. The van der Waals surface area contributed by atoms with Crippen molar-refractivity contribution in [1.29, 1.82) is 0 Å². The van der Waals surface area contributed by atoms with E-state index in [0.717, 1.165) is 0 Å². The lowest BCUT2D eigenvalue weighted by molar-refractivity contribution is 0.0596. The lowest BCUT2D eigenvalue weighted by Crippen LogP contribution is -2.25. The summed E-state index contributed by atoms with van der Waals surface area (Å²) in [5, 5.41) is 3.47. The number of nitrogens with zero attached hydrogens (tertiary/aromatic N) is 1. The van der Waals surface area contributed by atoms with Crippen LogP contribution in [-0.4, -0.2) is 26.7 Å². The minimum atomic E-state index is -3.86. The number of ether oxygens (including phenoxy) is 1. The van der Waals surface area contributed by atoms with Gasteiger partial charge in [0.15, 0.2) is 5.76 Å². The van der Waals surface area contributed by atoms with Crippen LogP contribution in [0.25, 0.3) is 0 Å². The molecule has 0 atom stereocenters. The van der Waals surface area contributed by atoms with Crippen LogP contribution in [0.1, 0.15) is 16.1 Å². The highest BCUT2D eigenvalue weighted by molar-refractivity contribution is 7.89. The second kappa shape index (κ2) is 5.85. The smallest absolute Gasteiger partial charge is 0.339 e. The lowest BCUT2D eigenvalue weighted by atomic mass is 10.2. The van der Waals surface area contributed by atoms with Crippen LogP contribution < -0.4 is 4.72 Å². The molecule has 0 saturated carbocycles. The molecule has 7 nitrogen and oxygen atoms in total. The van der Waals surface area contributed by atoms with Crippen LogP contribution in [0, 0.1) is 0 Å². The summed E-state index contributed by atoms with van der Waals surface area (Å²) in [4.78, 5) is 11.4. The first-order chi connectivity index (χ1) is 9.54. The van der Waals surface area contributed by atoms with Crippen LogP contribution in [0.5, 0.6) is 0 Å². The minimum Gasteiger partial charge on any atom is -0.465 e. The molecule has 20 heavy (non-hydrogen) atoms. The SMILES string of the molecule is COC(=O)c1ccccc1S(=O)(=O)NCc1ccno1. The summed E-state index contributed by atoms with van der Waals surface area (Å²) in [5.74, 6) is -0.352. The van der Waals surface area contributed by atoms with E-state index < -0.39 is 16.0 Å². The van der Waals surface area contributed by atoms with Gasteiger partial charge in [0.1, 0.15) is 0 Å². The van der Waals surface area contributed by atoms with E-state index in [1.807, 2.05) is 0 Å². The van der Waals surface area contributed by atoms with Crippen molar-refractivity contribution in [2.24, 2.45) is 0 Å². The van der Waals surface area contributed by atoms with E-state index in [9.17, 15) is 13.2 Å². The van der Waals surface area contributed by atoms with Crippen molar-refractivity contribution in [3.05, 3.63) is 47.9 Å². The van der Waals surface area contributed by atoms with Crippen LogP contribution in [0.2, 0.25) is 0 Å². The zero-order valence-corrected chi connectivity index (χ0v) is 11.4. The first-order valence-electron chi connectivity index (χ1n) is 5.61. The Hall–Kier alpha value is -2.19. The lowest BCUT2D eigenvalue weighted by Gasteiger charge is -2.09. The summed E-state index contributed by atoms with van der Waals surface area (Å²) >= 11 is 0. The fourth-order valence-corrected chi connectivity index (χ4v) is 2.74. The van der Waals surface area contributed by atoms with Gasteiger partial charge in [-0.1, -0.05) is 17.3 Å². The van der Waals surface area contributed by atoms with Crippen molar-refractivity contribution in [2.75, 3.05) is 7.11 Å². The highest BCUT2D eigenvalue weighted by Gasteiger charge is 2.22. The summed E-state index contributed by atoms with van der Waals surface area (Å²) in [6.07, 6.45) is 1.41. The number of hydrogen-bond donors (Lipinski definition) is 1. The Balaban J connectivity index is 2.27. The molecule has 1 heterocycles. The van der Waals surface area contributed by atoms with Gasteiger partial charge >= 0.3 is 5.97 Å². The second-order valence-electron chi connectivity index (χ2n) is 3.79. The van der Waals surface area contributed by atoms with Crippen molar-refractivity contribution in [3.63, 3.8) is 0 Å². The van der Waals surface area contributed by atoms with E-state index in [2.05, 4.69) is 14.6 Å². The minimum absolute atomic E-state index is 0.0277. The van der Waals surface area contributed by atoms with Gasteiger partial charge in [-0.05, 0) is 12.1 Å². The average Bonchev–Trinajstić information content (AvgIpc) is 2.98. The predicted molar refractivity (Wildman–Crippen MR) is 68.3 cm³/mol. The molecule has 2 aromatic rings. The number of carbonyl (C=O) groups excluding carboxylic acids is 1. The van der Waals surface area contributed by atoms with Gasteiger partial charge in [-0.25, -0.2) is 17.9 Å². The van der Waals surface area contributed by atoms with E-state index >= 15 is 0 Å². The summed E-state index contributed by atoms with van der Waals surface area (Å²) in [6, 6.07) is 7.33. The van der Waals surface area contributed by atoms with E-state index in [0.29, 0.717) is 5.76 Å². The molecule has 1 aromatic heterocycles. The summed E-state index contributed by atoms with van der Waals surface area (Å²) in [6.45, 7) is -0.0577. The monoisotopic (exact) mass is 296 g/mol. The first-order valence-corrected chi connectivity index (χ1v) is 7.09. The van der Waals surface area contributed by atoms with Gasteiger partial charge in [0.05, 0.1) is 30.3 Å². The second-order valence-corrected chi connectivity index (χ2v) is 5.53. The predicted octanol–water partition coefficient (Wildman–Crippen LogP) is 0.940. The van der Waals surface area contributed by atoms with Crippen molar-refractivity contribution in [3.8, 4) is 0 Å². The van der Waals surface area contributed by atoms with Crippen LogP contribution in [0.4, 0.5) is 0 Å². The maximum Gasteiger partial charge on any atom is 0.339 e. The normalized spacial score (nSPS) is 11.2. The average molecular weight is 296 g/mol. The van der Waals surface area contributed by atoms with Gasteiger partial charge in [0.25, 0.3) is 0 Å². The summed E-state index contributed by atoms with van der Waals surface area (Å²) in [5.41, 5.74) is -0.0277. The van der Waals surface area contributed by atoms with E-state index in [-0.39, 0.29) is 17.0 Å². The van der Waals surface area contributed by atoms with Gasteiger partial charge in [0.2, 0.25) is 10.0 Å². The number of nitrogens with one attached hydrogen (secondary N) is 1. The molecule has 1 N–H and O–H groups in total. The van der Waals surface area contributed by atoms with E-state index in [1.165, 1.54) is 37.6 Å². The van der Waals surface area contributed by atoms with Crippen molar-refractivity contribution in [2.45, 2.75) is 11.4 Å². The molecule has 0 unspecified atom stereocenters. The molecular weight excluding hydrogens is 284 g/mol. The van der Waals surface area contributed by atoms with Crippen LogP contribution in [0.15, 0.2) is 45.9 Å². The number of hydrogen-bond acceptors (Lipinski definition) is 6. The number of rotatable bonds is 5. The highest BCUT2D eigenvalue weighted by Crippen LogP contribution is 2.16. The highest BCUT2D eigenvalue weighted by atomic mass is 32.2. The molecule has 0 bridgehead atoms. The Morgan fingerprint density at radius 1 is 1.35 bits per heavy atom. The zero-order valence-electron chi connectivity index (χ0n) is 10.6. The third-order valence-corrected chi connectivity index (χ3v) is 3.97. The Morgan fingerprint density at radius 3 is 2.75 bits per heavy atom. The number of carbonyl (C=O) groups is 1. The number of methoxy groups -OCH3 is 1. The number of benzene rings is 1. The van der Waals surface area contributed by atoms with Crippen LogP contribution >= 0.6 is 0 Å². The maximum atomic E-state index is 12.2. The zero-order chi connectivity index (χ0) is 14.6. The van der Waals surface area contributed by atoms with Crippen LogP contribution in [-0.2, 0) is 21.3 Å². The molecule has 0 saturated heterocycles. The quantitative estimate of drug-likeness (QED) is 0.824. The molecule has 0 fully saturated rings. The molecule has 2 rings (SSSR count). The van der Waals surface area contributed by atoms with Crippen molar-refractivity contribution >= 4 is 16.0 Å². The Labute approximate surface area is 115 Å². The summed E-state index contributed by atoms with van der Waals surface area (Å²) < 4.78 is 36.1. The molecule has 0 aliphatic carbocycles. The van der Waals surface area contributed by atoms with Gasteiger partial charge in [0, 0.05) is 6.07 Å². The van der Waals surface area contributed by atoms with E-state index in [1.54, 1.807) is 6.07 Å². The number of esters is 1. The first kappa shape index (κ1) is 14.2. The Bertz CT molecular complexity index is 694. The topological polar surface area (TPSA) is 98.5 Å². The molecule has 0 aliphatic rings. The van der Waals surface area contributed by atoms with Gasteiger partial charge < -0.3 is 9.26 Å². The number of aromatic nitrogens is 1. The standard InChI is InChI=1S/C12H12N2O5S/c1-18-12(15)10-4-2-3-5-11(10)20(16,17)14-8-9-6-7-13-19-9/h2-7,14H,8H2,1H3. The molecule has 0 spiro atoms. The molecule has 8 heteroatoms. The Morgan fingerprint density at radius 2 is 2.10 bits per heavy atom. The van der Waals surface area contributed by atoms with Crippen LogP contribution in [0.3, 0.4) is 0 Å². The summed E-state index contributed by atoms with van der Waals surface area (Å²) in [7, 11) is -2.67. The third kappa shape index (κ3) is 3.03. The molecule has 1 aromatic carbocycles.